The van der Waals surface area contributed by atoms with Crippen molar-refractivity contribution >= 4 is 0 Å². The Labute approximate surface area is 67.0 Å². The first-order chi connectivity index (χ1) is 5.25. The molecule has 0 bridgehead atoms. The molecule has 0 saturated heterocycles. The van der Waals surface area contributed by atoms with Crippen LogP contribution in [0.15, 0.2) is 36.9 Å². The molecule has 0 fully saturated rings. The topological polar surface area (TPSA) is 20.2 Å². The van der Waals surface area contributed by atoms with Crippen LogP contribution in [-0.2, 0) is 0 Å². The monoisotopic (exact) mass is 148 g/mol. The van der Waals surface area contributed by atoms with E-state index in [4.69, 9.17) is 0 Å². The number of aryl methyl sites for hydroxylation is 1. The minimum atomic E-state index is -0.531. The van der Waals surface area contributed by atoms with Crippen molar-refractivity contribution in [3.63, 3.8) is 0 Å². The first kappa shape index (κ1) is 8.02. The van der Waals surface area contributed by atoms with Gasteiger partial charge in [0.25, 0.3) is 0 Å². The third kappa shape index (κ3) is 1.69. The molecule has 0 aliphatic carbocycles. The van der Waals surface area contributed by atoms with E-state index in [0.29, 0.717) is 0 Å². The van der Waals surface area contributed by atoms with Crippen LogP contribution in [0.2, 0.25) is 0 Å². The number of benzene rings is 1. The molecule has 0 aliphatic rings. The van der Waals surface area contributed by atoms with Gasteiger partial charge in [-0.25, -0.2) is 0 Å². The normalized spacial score (nSPS) is 12.5. The minimum absolute atomic E-state index is 0.531. The first-order valence-corrected chi connectivity index (χ1v) is 3.62. The molecule has 0 aromatic heterocycles. The SMILES string of the molecule is C=CC(O)c1ccccc1C. The Morgan fingerprint density at radius 3 is 2.64 bits per heavy atom. The zero-order valence-corrected chi connectivity index (χ0v) is 6.62. The zero-order valence-electron chi connectivity index (χ0n) is 6.62. The molecular weight excluding hydrogens is 136 g/mol. The largest absolute Gasteiger partial charge is 0.384 e. The average Bonchev–Trinajstić information content (AvgIpc) is 2.04. The Bertz CT molecular complexity index is 253. The third-order valence-corrected chi connectivity index (χ3v) is 1.73. The highest BCUT2D eigenvalue weighted by molar-refractivity contribution is 5.29. The molecule has 1 aromatic rings. The predicted molar refractivity (Wildman–Crippen MR) is 46.3 cm³/mol. The minimum Gasteiger partial charge on any atom is -0.384 e. The van der Waals surface area contributed by atoms with Gasteiger partial charge in [-0.1, -0.05) is 30.3 Å². The molecule has 0 amide bonds. The van der Waals surface area contributed by atoms with Gasteiger partial charge in [0, 0.05) is 0 Å². The Kier molecular flexibility index (Phi) is 2.44. The molecule has 11 heavy (non-hydrogen) atoms. The van der Waals surface area contributed by atoms with Crippen LogP contribution in [0.25, 0.3) is 0 Å². The summed E-state index contributed by atoms with van der Waals surface area (Å²) < 4.78 is 0. The fraction of sp³-hybridized carbons (Fsp3) is 0.200. The Hall–Kier alpha value is -1.08. The van der Waals surface area contributed by atoms with Gasteiger partial charge in [0.2, 0.25) is 0 Å². The summed E-state index contributed by atoms with van der Waals surface area (Å²) in [4.78, 5) is 0. The highest BCUT2D eigenvalue weighted by Gasteiger charge is 2.03. The number of hydrogen-bond acceptors (Lipinski definition) is 1. The molecule has 0 aliphatic heterocycles. The Morgan fingerprint density at radius 1 is 1.45 bits per heavy atom. The van der Waals surface area contributed by atoms with E-state index in [1.807, 2.05) is 31.2 Å². The van der Waals surface area contributed by atoms with E-state index in [1.54, 1.807) is 0 Å². The fourth-order valence-electron chi connectivity index (χ4n) is 1.05. The summed E-state index contributed by atoms with van der Waals surface area (Å²) >= 11 is 0. The van der Waals surface area contributed by atoms with E-state index in [2.05, 4.69) is 6.58 Å². The summed E-state index contributed by atoms with van der Waals surface area (Å²) in [5, 5.41) is 9.39. The maximum atomic E-state index is 9.39. The Morgan fingerprint density at radius 2 is 2.09 bits per heavy atom. The molecule has 1 heteroatoms. The van der Waals surface area contributed by atoms with E-state index in [9.17, 15) is 5.11 Å². The van der Waals surface area contributed by atoms with Crippen molar-refractivity contribution < 1.29 is 5.11 Å². The van der Waals surface area contributed by atoms with Crippen molar-refractivity contribution in [1.82, 2.24) is 0 Å². The summed E-state index contributed by atoms with van der Waals surface area (Å²) in [6.45, 7) is 5.50. The van der Waals surface area contributed by atoms with Crippen LogP contribution in [0.5, 0.6) is 0 Å². The summed E-state index contributed by atoms with van der Waals surface area (Å²) in [7, 11) is 0. The quantitative estimate of drug-likeness (QED) is 0.637. The van der Waals surface area contributed by atoms with E-state index >= 15 is 0 Å². The average molecular weight is 148 g/mol. The summed E-state index contributed by atoms with van der Waals surface area (Å²) in [6.07, 6.45) is 0.999. The molecule has 0 heterocycles. The van der Waals surface area contributed by atoms with Crippen molar-refractivity contribution in [2.75, 3.05) is 0 Å². The molecule has 1 unspecified atom stereocenters. The van der Waals surface area contributed by atoms with Crippen molar-refractivity contribution in [2.45, 2.75) is 13.0 Å². The van der Waals surface area contributed by atoms with Crippen LogP contribution in [0.3, 0.4) is 0 Å². The second-order valence-corrected chi connectivity index (χ2v) is 2.54. The van der Waals surface area contributed by atoms with Crippen molar-refractivity contribution in [2.24, 2.45) is 0 Å². The number of aliphatic hydroxyl groups excluding tert-OH is 1. The van der Waals surface area contributed by atoms with Crippen LogP contribution < -0.4 is 0 Å². The lowest BCUT2D eigenvalue weighted by Crippen LogP contribution is -1.94. The number of hydrogen-bond donors (Lipinski definition) is 1. The molecule has 0 saturated carbocycles. The van der Waals surface area contributed by atoms with Crippen LogP contribution in [-0.4, -0.2) is 5.11 Å². The highest BCUT2D eigenvalue weighted by Crippen LogP contribution is 2.16. The van der Waals surface area contributed by atoms with Crippen molar-refractivity contribution in [1.29, 1.82) is 0 Å². The van der Waals surface area contributed by atoms with Gasteiger partial charge < -0.3 is 5.11 Å². The molecule has 0 radical (unpaired) electrons. The lowest BCUT2D eigenvalue weighted by Gasteiger charge is -2.07. The van der Waals surface area contributed by atoms with Crippen LogP contribution in [0, 0.1) is 6.92 Å². The van der Waals surface area contributed by atoms with Gasteiger partial charge in [0.1, 0.15) is 0 Å². The van der Waals surface area contributed by atoms with E-state index in [1.165, 1.54) is 6.08 Å². The maximum Gasteiger partial charge on any atom is 0.0971 e. The second-order valence-electron chi connectivity index (χ2n) is 2.54. The molecule has 1 nitrogen and oxygen atoms in total. The third-order valence-electron chi connectivity index (χ3n) is 1.73. The fourth-order valence-corrected chi connectivity index (χ4v) is 1.05. The second kappa shape index (κ2) is 3.35. The molecule has 0 spiro atoms. The van der Waals surface area contributed by atoms with Gasteiger partial charge in [-0.3, -0.25) is 0 Å². The lowest BCUT2D eigenvalue weighted by atomic mass is 10.0. The molecule has 1 aromatic carbocycles. The van der Waals surface area contributed by atoms with E-state index < -0.39 is 6.10 Å². The Balaban J connectivity index is 3.02. The molecule has 1 N–H and O–H groups in total. The number of aliphatic hydroxyl groups is 1. The predicted octanol–water partition coefficient (Wildman–Crippen LogP) is 2.21. The van der Waals surface area contributed by atoms with Gasteiger partial charge in [0.15, 0.2) is 0 Å². The van der Waals surface area contributed by atoms with E-state index in [-0.39, 0.29) is 0 Å². The van der Waals surface area contributed by atoms with Crippen LogP contribution >= 0.6 is 0 Å². The first-order valence-electron chi connectivity index (χ1n) is 3.62. The van der Waals surface area contributed by atoms with E-state index in [0.717, 1.165) is 11.1 Å². The van der Waals surface area contributed by atoms with Crippen LogP contribution in [0.1, 0.15) is 17.2 Å². The van der Waals surface area contributed by atoms with Gasteiger partial charge in [0.05, 0.1) is 6.10 Å². The molecule has 58 valence electrons. The molecule has 1 rings (SSSR count). The molecular formula is C10H12O. The van der Waals surface area contributed by atoms with Gasteiger partial charge in [-0.2, -0.15) is 0 Å². The molecule has 1 atom stereocenters. The van der Waals surface area contributed by atoms with Gasteiger partial charge >= 0.3 is 0 Å². The smallest absolute Gasteiger partial charge is 0.0971 e. The lowest BCUT2D eigenvalue weighted by molar-refractivity contribution is 0.228. The standard InChI is InChI=1S/C10H12O/c1-3-10(11)9-7-5-4-6-8(9)2/h3-7,10-11H,1H2,2H3. The van der Waals surface area contributed by atoms with Gasteiger partial charge in [-0.15, -0.1) is 6.58 Å². The number of rotatable bonds is 2. The highest BCUT2D eigenvalue weighted by atomic mass is 16.3. The summed E-state index contributed by atoms with van der Waals surface area (Å²) in [5.74, 6) is 0. The summed E-state index contributed by atoms with van der Waals surface area (Å²) in [5.41, 5.74) is 2.03. The van der Waals surface area contributed by atoms with Crippen LogP contribution in [0.4, 0.5) is 0 Å². The van der Waals surface area contributed by atoms with Crippen molar-refractivity contribution in [3.8, 4) is 0 Å². The van der Waals surface area contributed by atoms with Crippen molar-refractivity contribution in [3.05, 3.63) is 48.0 Å². The maximum absolute atomic E-state index is 9.39. The van der Waals surface area contributed by atoms with Gasteiger partial charge in [-0.05, 0) is 18.1 Å². The summed E-state index contributed by atoms with van der Waals surface area (Å²) in [6, 6.07) is 7.74. The zero-order chi connectivity index (χ0) is 8.27.